The average molecular weight is 281 g/mol. The summed E-state index contributed by atoms with van der Waals surface area (Å²) >= 11 is 6.41. The van der Waals surface area contributed by atoms with E-state index in [1.807, 2.05) is 6.20 Å². The summed E-state index contributed by atoms with van der Waals surface area (Å²) in [4.78, 5) is 4.38. The van der Waals surface area contributed by atoms with Crippen molar-refractivity contribution >= 4 is 17.4 Å². The molecule has 1 aliphatic carbocycles. The molecule has 0 aromatic carbocycles. The Morgan fingerprint density at radius 2 is 2.11 bits per heavy atom. The van der Waals surface area contributed by atoms with E-state index in [9.17, 15) is 0 Å². The Morgan fingerprint density at radius 3 is 2.74 bits per heavy atom. The molecular weight excluding hydrogens is 256 g/mol. The largest absolute Gasteiger partial charge is 0.349 e. The van der Waals surface area contributed by atoms with E-state index in [2.05, 4.69) is 23.8 Å². The first kappa shape index (κ1) is 14.6. The third-order valence-corrected chi connectivity index (χ3v) is 4.79. The fourth-order valence-electron chi connectivity index (χ4n) is 2.94. The maximum atomic E-state index is 6.41. The number of amidine groups is 1. The molecule has 0 radical (unpaired) electrons. The SMILES string of the molecule is C=C(C1CCCCC1)C(C)/C(Cl)=C\NC1=NCCC1. The van der Waals surface area contributed by atoms with Gasteiger partial charge >= 0.3 is 0 Å². The summed E-state index contributed by atoms with van der Waals surface area (Å²) in [7, 11) is 0. The second kappa shape index (κ2) is 7.14. The molecule has 3 heteroatoms. The molecule has 0 bridgehead atoms. The number of hydrogen-bond acceptors (Lipinski definition) is 2. The number of hydrogen-bond donors (Lipinski definition) is 1. The molecule has 1 atom stereocenters. The van der Waals surface area contributed by atoms with Crippen molar-refractivity contribution in [1.29, 1.82) is 0 Å². The van der Waals surface area contributed by atoms with Crippen LogP contribution in [0.4, 0.5) is 0 Å². The normalized spacial score (nSPS) is 23.1. The topological polar surface area (TPSA) is 24.4 Å². The van der Waals surface area contributed by atoms with Crippen molar-refractivity contribution in [2.24, 2.45) is 16.8 Å². The number of allylic oxidation sites excluding steroid dienone is 2. The zero-order valence-electron chi connectivity index (χ0n) is 11.9. The minimum atomic E-state index is 0.249. The molecular formula is C16H25ClN2. The summed E-state index contributed by atoms with van der Waals surface area (Å²) in [6.07, 6.45) is 10.7. The van der Waals surface area contributed by atoms with Gasteiger partial charge < -0.3 is 5.32 Å². The molecule has 106 valence electrons. The maximum absolute atomic E-state index is 6.41. The van der Waals surface area contributed by atoms with Crippen LogP contribution in [-0.2, 0) is 0 Å². The van der Waals surface area contributed by atoms with Crippen LogP contribution in [0.5, 0.6) is 0 Å². The van der Waals surface area contributed by atoms with Crippen molar-refractivity contribution < 1.29 is 0 Å². The van der Waals surface area contributed by atoms with Gasteiger partial charge in [-0.2, -0.15) is 0 Å². The first-order chi connectivity index (χ1) is 9.18. The summed E-state index contributed by atoms with van der Waals surface area (Å²) in [5.74, 6) is 1.97. The number of rotatable bonds is 4. The summed E-state index contributed by atoms with van der Waals surface area (Å²) in [6, 6.07) is 0. The van der Waals surface area contributed by atoms with Crippen molar-refractivity contribution in [2.45, 2.75) is 51.9 Å². The first-order valence-corrected chi connectivity index (χ1v) is 7.90. The molecule has 1 N–H and O–H groups in total. The van der Waals surface area contributed by atoms with Crippen LogP contribution >= 0.6 is 11.6 Å². The lowest BCUT2D eigenvalue weighted by Crippen LogP contribution is -2.18. The first-order valence-electron chi connectivity index (χ1n) is 7.52. The third-order valence-electron chi connectivity index (χ3n) is 4.35. The molecule has 0 aromatic heterocycles. The van der Waals surface area contributed by atoms with E-state index in [4.69, 9.17) is 11.6 Å². The molecule has 1 saturated carbocycles. The van der Waals surface area contributed by atoms with Crippen LogP contribution in [0.2, 0.25) is 0 Å². The van der Waals surface area contributed by atoms with Gasteiger partial charge in [0, 0.05) is 30.1 Å². The number of aliphatic imine (C=N–C) groups is 1. The lowest BCUT2D eigenvalue weighted by Gasteiger charge is -2.27. The Morgan fingerprint density at radius 1 is 1.37 bits per heavy atom. The van der Waals surface area contributed by atoms with Gasteiger partial charge in [0.05, 0.1) is 0 Å². The Hall–Kier alpha value is -0.760. The van der Waals surface area contributed by atoms with Gasteiger partial charge in [-0.05, 0) is 25.2 Å². The highest BCUT2D eigenvalue weighted by molar-refractivity contribution is 6.30. The third kappa shape index (κ3) is 4.10. The van der Waals surface area contributed by atoms with Gasteiger partial charge in [0.15, 0.2) is 0 Å². The molecule has 2 rings (SSSR count). The second-order valence-corrected chi connectivity index (χ2v) is 6.17. The smallest absolute Gasteiger partial charge is 0.100 e. The quantitative estimate of drug-likeness (QED) is 0.747. The highest BCUT2D eigenvalue weighted by Crippen LogP contribution is 2.35. The molecule has 0 aromatic rings. The molecule has 1 fully saturated rings. The molecule has 1 unspecified atom stereocenters. The van der Waals surface area contributed by atoms with E-state index >= 15 is 0 Å². The maximum Gasteiger partial charge on any atom is 0.100 e. The Kier molecular flexibility index (Phi) is 5.50. The Labute approximate surface area is 122 Å². The minimum absolute atomic E-state index is 0.249. The van der Waals surface area contributed by atoms with Gasteiger partial charge in [0.25, 0.3) is 0 Å². The summed E-state index contributed by atoms with van der Waals surface area (Å²) < 4.78 is 0. The summed E-state index contributed by atoms with van der Waals surface area (Å²) in [6.45, 7) is 7.40. The van der Waals surface area contributed by atoms with Crippen LogP contribution in [0, 0.1) is 11.8 Å². The lowest BCUT2D eigenvalue weighted by atomic mass is 9.80. The molecule has 0 spiro atoms. The fourth-order valence-corrected chi connectivity index (χ4v) is 3.13. The van der Waals surface area contributed by atoms with Gasteiger partial charge in [0.1, 0.15) is 5.84 Å². The van der Waals surface area contributed by atoms with E-state index in [-0.39, 0.29) is 5.92 Å². The molecule has 2 aliphatic rings. The van der Waals surface area contributed by atoms with E-state index in [1.165, 1.54) is 37.7 Å². The van der Waals surface area contributed by atoms with Gasteiger partial charge in [-0.25, -0.2) is 0 Å². The Bertz CT molecular complexity index is 378. The van der Waals surface area contributed by atoms with Crippen LogP contribution in [0.25, 0.3) is 0 Å². The van der Waals surface area contributed by atoms with Crippen molar-refractivity contribution in [3.8, 4) is 0 Å². The van der Waals surface area contributed by atoms with Crippen LogP contribution < -0.4 is 5.32 Å². The van der Waals surface area contributed by atoms with E-state index in [0.29, 0.717) is 5.92 Å². The predicted molar refractivity (Wildman–Crippen MR) is 83.5 cm³/mol. The van der Waals surface area contributed by atoms with Gasteiger partial charge in [-0.1, -0.05) is 49.9 Å². The zero-order chi connectivity index (χ0) is 13.7. The molecule has 2 nitrogen and oxygen atoms in total. The molecule has 0 amide bonds. The lowest BCUT2D eigenvalue weighted by molar-refractivity contribution is 0.387. The standard InChI is InChI=1S/C16H25ClN2/c1-12(14-7-4-3-5-8-14)13(2)15(17)11-19-16-9-6-10-18-16/h11,13-14H,1,3-10H2,2H3,(H,18,19)/b15-11+. The number of nitrogens with one attached hydrogen (secondary N) is 1. The van der Waals surface area contributed by atoms with Crippen LogP contribution in [-0.4, -0.2) is 12.4 Å². The summed E-state index contributed by atoms with van der Waals surface area (Å²) in [5, 5.41) is 4.09. The van der Waals surface area contributed by atoms with E-state index < -0.39 is 0 Å². The highest BCUT2D eigenvalue weighted by atomic mass is 35.5. The number of halogens is 1. The van der Waals surface area contributed by atoms with Gasteiger partial charge in [-0.3, -0.25) is 4.99 Å². The van der Waals surface area contributed by atoms with Crippen molar-refractivity contribution in [1.82, 2.24) is 5.32 Å². The van der Waals surface area contributed by atoms with E-state index in [1.54, 1.807) is 0 Å². The van der Waals surface area contributed by atoms with Crippen LogP contribution in [0.3, 0.4) is 0 Å². The highest BCUT2D eigenvalue weighted by Gasteiger charge is 2.22. The Balaban J connectivity index is 1.87. The summed E-state index contributed by atoms with van der Waals surface area (Å²) in [5.41, 5.74) is 1.30. The van der Waals surface area contributed by atoms with Crippen molar-refractivity contribution in [2.75, 3.05) is 6.54 Å². The van der Waals surface area contributed by atoms with Crippen molar-refractivity contribution in [3.05, 3.63) is 23.4 Å². The average Bonchev–Trinajstić information content (AvgIpc) is 2.97. The molecule has 1 heterocycles. The van der Waals surface area contributed by atoms with Gasteiger partial charge in [-0.15, -0.1) is 0 Å². The minimum Gasteiger partial charge on any atom is -0.349 e. The fraction of sp³-hybridized carbons (Fsp3) is 0.688. The predicted octanol–water partition coefficient (Wildman–Crippen LogP) is 4.62. The van der Waals surface area contributed by atoms with E-state index in [0.717, 1.165) is 30.3 Å². The monoisotopic (exact) mass is 280 g/mol. The second-order valence-electron chi connectivity index (χ2n) is 5.74. The van der Waals surface area contributed by atoms with Gasteiger partial charge in [0.2, 0.25) is 0 Å². The van der Waals surface area contributed by atoms with Crippen molar-refractivity contribution in [3.63, 3.8) is 0 Å². The molecule has 19 heavy (non-hydrogen) atoms. The zero-order valence-corrected chi connectivity index (χ0v) is 12.7. The number of nitrogens with zero attached hydrogens (tertiary/aromatic N) is 1. The molecule has 0 saturated heterocycles. The molecule has 1 aliphatic heterocycles. The van der Waals surface area contributed by atoms with Crippen LogP contribution in [0.1, 0.15) is 51.9 Å². The van der Waals surface area contributed by atoms with Crippen LogP contribution in [0.15, 0.2) is 28.4 Å².